The van der Waals surface area contributed by atoms with E-state index in [1.54, 1.807) is 30.3 Å². The van der Waals surface area contributed by atoms with E-state index in [0.29, 0.717) is 26.4 Å². The van der Waals surface area contributed by atoms with Crippen molar-refractivity contribution in [1.29, 1.82) is 0 Å². The fourth-order valence-corrected chi connectivity index (χ4v) is 2.98. The van der Waals surface area contributed by atoms with Crippen LogP contribution in [0.4, 0.5) is 0 Å². The summed E-state index contributed by atoms with van der Waals surface area (Å²) in [7, 11) is 0. The van der Waals surface area contributed by atoms with Crippen LogP contribution in [0.25, 0.3) is 17.4 Å². The number of hydrogen-bond acceptors (Lipinski definition) is 3. The first-order chi connectivity index (χ1) is 10.6. The monoisotopic (exact) mass is 348 g/mol. The molecule has 110 valence electrons. The Morgan fingerprint density at radius 1 is 1.09 bits per heavy atom. The van der Waals surface area contributed by atoms with Crippen LogP contribution in [0.2, 0.25) is 10.0 Å². The molecule has 0 atom stereocenters. The Balaban J connectivity index is 1.82. The van der Waals surface area contributed by atoms with Gasteiger partial charge in [0.05, 0.1) is 14.9 Å². The highest BCUT2D eigenvalue weighted by Gasteiger charge is 2.10. The number of benzene rings is 1. The number of halogens is 2. The zero-order valence-electron chi connectivity index (χ0n) is 11.3. The third kappa shape index (κ3) is 3.17. The largest absolute Gasteiger partial charge is 0.457 e. The van der Waals surface area contributed by atoms with Crippen LogP contribution < -0.4 is 0 Å². The number of hydrogen-bond donors (Lipinski definition) is 0. The van der Waals surface area contributed by atoms with Crippen molar-refractivity contribution < 1.29 is 9.21 Å². The molecular formula is C17H10Cl2O2S. The van der Waals surface area contributed by atoms with Crippen molar-refractivity contribution in [3.63, 3.8) is 0 Å². The first-order valence-electron chi connectivity index (χ1n) is 6.45. The molecule has 0 unspecified atom stereocenters. The molecule has 0 N–H and O–H groups in total. The van der Waals surface area contributed by atoms with Gasteiger partial charge in [-0.25, -0.2) is 0 Å². The molecule has 1 aromatic carbocycles. The number of carbonyl (C=O) groups is 1. The number of carbonyl (C=O) groups excluding carboxylic acids is 1. The standard InChI is InChI=1S/C17H10Cl2O2S/c18-13-4-1-3-12(17(13)19)15-9-7-11(21-15)6-8-14(20)16-5-2-10-22-16/h1-10H. The molecule has 2 heterocycles. The second kappa shape index (κ2) is 6.53. The van der Waals surface area contributed by atoms with Crippen LogP contribution in [0.5, 0.6) is 0 Å². The Morgan fingerprint density at radius 2 is 1.95 bits per heavy atom. The molecule has 0 saturated carbocycles. The van der Waals surface area contributed by atoms with Crippen molar-refractivity contribution in [3.8, 4) is 11.3 Å². The summed E-state index contributed by atoms with van der Waals surface area (Å²) >= 11 is 13.6. The molecule has 0 spiro atoms. The van der Waals surface area contributed by atoms with Crippen molar-refractivity contribution in [1.82, 2.24) is 0 Å². The van der Waals surface area contributed by atoms with Gasteiger partial charge in [-0.2, -0.15) is 0 Å². The van der Waals surface area contributed by atoms with Crippen molar-refractivity contribution >= 4 is 46.4 Å². The normalized spacial score (nSPS) is 11.2. The summed E-state index contributed by atoms with van der Waals surface area (Å²) in [6.45, 7) is 0. The lowest BCUT2D eigenvalue weighted by Gasteiger charge is -2.01. The molecule has 0 aliphatic rings. The minimum absolute atomic E-state index is 0.0475. The van der Waals surface area contributed by atoms with Crippen LogP contribution >= 0.6 is 34.5 Å². The van der Waals surface area contributed by atoms with Crippen LogP contribution in [0.3, 0.4) is 0 Å². The molecule has 0 radical (unpaired) electrons. The van der Waals surface area contributed by atoms with E-state index in [-0.39, 0.29) is 5.78 Å². The molecule has 0 bridgehead atoms. The lowest BCUT2D eigenvalue weighted by molar-refractivity contribution is 0.105. The van der Waals surface area contributed by atoms with Gasteiger partial charge < -0.3 is 4.42 Å². The number of ketones is 1. The first-order valence-corrected chi connectivity index (χ1v) is 8.09. The van der Waals surface area contributed by atoms with Crippen molar-refractivity contribution in [2.24, 2.45) is 0 Å². The van der Waals surface area contributed by atoms with Crippen LogP contribution in [0.1, 0.15) is 15.4 Å². The first kappa shape index (κ1) is 15.1. The van der Waals surface area contributed by atoms with E-state index in [9.17, 15) is 4.79 Å². The second-order valence-corrected chi connectivity index (χ2v) is 6.21. The predicted molar refractivity (Wildman–Crippen MR) is 91.8 cm³/mol. The summed E-state index contributed by atoms with van der Waals surface area (Å²) in [5.74, 6) is 1.14. The Bertz CT molecular complexity index is 832. The number of furan rings is 1. The van der Waals surface area contributed by atoms with Crippen molar-refractivity contribution in [2.75, 3.05) is 0 Å². The van der Waals surface area contributed by atoms with Crippen LogP contribution in [0.15, 0.2) is 58.3 Å². The summed E-state index contributed by atoms with van der Waals surface area (Å²) in [6, 6.07) is 12.6. The highest BCUT2D eigenvalue weighted by atomic mass is 35.5. The lowest BCUT2D eigenvalue weighted by Crippen LogP contribution is -1.88. The fraction of sp³-hybridized carbons (Fsp3) is 0. The minimum atomic E-state index is -0.0475. The third-order valence-corrected chi connectivity index (χ3v) is 4.71. The second-order valence-electron chi connectivity index (χ2n) is 4.48. The van der Waals surface area contributed by atoms with Gasteiger partial charge in [0.25, 0.3) is 0 Å². The van der Waals surface area contributed by atoms with E-state index in [1.165, 1.54) is 17.4 Å². The zero-order valence-corrected chi connectivity index (χ0v) is 13.6. The molecule has 3 aromatic rings. The molecule has 0 aliphatic carbocycles. The summed E-state index contributed by atoms with van der Waals surface area (Å²) in [4.78, 5) is 12.6. The molecule has 3 rings (SSSR count). The lowest BCUT2D eigenvalue weighted by atomic mass is 10.2. The number of allylic oxidation sites excluding steroid dienone is 1. The number of rotatable bonds is 4. The highest BCUT2D eigenvalue weighted by molar-refractivity contribution is 7.12. The van der Waals surface area contributed by atoms with E-state index in [4.69, 9.17) is 27.6 Å². The summed E-state index contributed by atoms with van der Waals surface area (Å²) in [5, 5.41) is 2.79. The Kier molecular flexibility index (Phi) is 4.48. The third-order valence-electron chi connectivity index (χ3n) is 3.01. The molecule has 0 amide bonds. The van der Waals surface area contributed by atoms with Gasteiger partial charge in [-0.3, -0.25) is 4.79 Å². The van der Waals surface area contributed by atoms with Crippen molar-refractivity contribution in [2.45, 2.75) is 0 Å². The van der Waals surface area contributed by atoms with Gasteiger partial charge in [0.2, 0.25) is 0 Å². The van der Waals surface area contributed by atoms with E-state index in [1.807, 2.05) is 23.6 Å². The zero-order chi connectivity index (χ0) is 15.5. The molecule has 5 heteroatoms. The van der Waals surface area contributed by atoms with E-state index in [0.717, 1.165) is 5.56 Å². The van der Waals surface area contributed by atoms with E-state index >= 15 is 0 Å². The Labute approximate surface area is 141 Å². The summed E-state index contributed by atoms with van der Waals surface area (Å²) < 4.78 is 5.69. The maximum absolute atomic E-state index is 11.9. The Hall–Kier alpha value is -1.81. The van der Waals surface area contributed by atoms with Crippen LogP contribution in [-0.4, -0.2) is 5.78 Å². The van der Waals surface area contributed by atoms with Gasteiger partial charge in [-0.1, -0.05) is 35.3 Å². The van der Waals surface area contributed by atoms with Gasteiger partial charge in [-0.15, -0.1) is 11.3 Å². The molecule has 0 fully saturated rings. The maximum Gasteiger partial charge on any atom is 0.195 e. The molecule has 2 nitrogen and oxygen atoms in total. The summed E-state index contributed by atoms with van der Waals surface area (Å²) in [6.07, 6.45) is 3.14. The number of thiophene rings is 1. The molecule has 0 saturated heterocycles. The van der Waals surface area contributed by atoms with Gasteiger partial charge in [0.1, 0.15) is 11.5 Å². The maximum atomic E-state index is 11.9. The topological polar surface area (TPSA) is 30.2 Å². The van der Waals surface area contributed by atoms with Crippen LogP contribution in [-0.2, 0) is 0 Å². The van der Waals surface area contributed by atoms with Gasteiger partial charge >= 0.3 is 0 Å². The molecular weight excluding hydrogens is 339 g/mol. The minimum Gasteiger partial charge on any atom is -0.457 e. The average molecular weight is 349 g/mol. The van der Waals surface area contributed by atoms with E-state index < -0.39 is 0 Å². The predicted octanol–water partition coefficient (Wildman–Crippen LogP) is 6.21. The molecule has 22 heavy (non-hydrogen) atoms. The van der Waals surface area contributed by atoms with Crippen LogP contribution in [0, 0.1) is 0 Å². The average Bonchev–Trinajstić information content (AvgIpc) is 3.19. The van der Waals surface area contributed by atoms with Gasteiger partial charge in [0, 0.05) is 5.56 Å². The van der Waals surface area contributed by atoms with E-state index in [2.05, 4.69) is 0 Å². The van der Waals surface area contributed by atoms with Crippen molar-refractivity contribution in [3.05, 3.63) is 74.6 Å². The van der Waals surface area contributed by atoms with Gasteiger partial charge in [-0.05, 0) is 47.9 Å². The molecule has 0 aliphatic heterocycles. The Morgan fingerprint density at radius 3 is 2.73 bits per heavy atom. The smallest absolute Gasteiger partial charge is 0.195 e. The molecule has 2 aromatic heterocycles. The quantitative estimate of drug-likeness (QED) is 0.414. The fourth-order valence-electron chi connectivity index (χ4n) is 1.94. The highest BCUT2D eigenvalue weighted by Crippen LogP contribution is 2.34. The van der Waals surface area contributed by atoms with Gasteiger partial charge in [0.15, 0.2) is 5.78 Å². The summed E-state index contributed by atoms with van der Waals surface area (Å²) in [5.41, 5.74) is 0.721. The SMILES string of the molecule is O=C(C=Cc1ccc(-c2cccc(Cl)c2Cl)o1)c1cccs1.